The summed E-state index contributed by atoms with van der Waals surface area (Å²) in [6.45, 7) is 7.87. The van der Waals surface area contributed by atoms with Crippen molar-refractivity contribution < 1.29 is 4.79 Å². The number of hydrogen-bond donors (Lipinski definition) is 0. The van der Waals surface area contributed by atoms with Crippen LogP contribution in [-0.4, -0.2) is 20.3 Å². The zero-order valence-corrected chi connectivity index (χ0v) is 15.9. The van der Waals surface area contributed by atoms with Gasteiger partial charge in [-0.05, 0) is 51.5 Å². The minimum absolute atomic E-state index is 0.102. The lowest BCUT2D eigenvalue weighted by molar-refractivity contribution is 0.0986. The molecule has 2 heterocycles. The van der Waals surface area contributed by atoms with Gasteiger partial charge in [0.05, 0.1) is 15.9 Å². The first kappa shape index (κ1) is 16.9. The molecule has 1 aromatic carbocycles. The zero-order chi connectivity index (χ0) is 17.6. The molecular weight excluding hydrogens is 344 g/mol. The molecule has 0 aliphatic carbocycles. The van der Waals surface area contributed by atoms with Gasteiger partial charge in [-0.25, -0.2) is 0 Å². The van der Waals surface area contributed by atoms with E-state index in [-0.39, 0.29) is 11.9 Å². The highest BCUT2D eigenvalue weighted by Gasteiger charge is 2.16. The van der Waals surface area contributed by atoms with Crippen LogP contribution in [0.15, 0.2) is 23.2 Å². The van der Waals surface area contributed by atoms with Gasteiger partial charge in [-0.2, -0.15) is 10.1 Å². The van der Waals surface area contributed by atoms with Crippen LogP contribution in [0.3, 0.4) is 0 Å². The summed E-state index contributed by atoms with van der Waals surface area (Å²) in [5, 5.41) is 5.07. The molecule has 0 aliphatic heterocycles. The van der Waals surface area contributed by atoms with Crippen molar-refractivity contribution in [1.29, 1.82) is 0 Å². The molecule has 0 fully saturated rings. The van der Waals surface area contributed by atoms with Crippen LogP contribution in [-0.2, 0) is 7.05 Å². The number of carbonyl (C=O) groups excluding carboxylic acids is 1. The molecule has 3 rings (SSSR count). The van der Waals surface area contributed by atoms with Gasteiger partial charge in [0.2, 0.25) is 0 Å². The molecule has 2 aromatic heterocycles. The molecule has 0 unspecified atom stereocenters. The maximum Gasteiger partial charge on any atom is 0.297 e. The van der Waals surface area contributed by atoms with E-state index in [0.717, 1.165) is 21.5 Å². The Morgan fingerprint density at radius 2 is 2.00 bits per heavy atom. The maximum absolute atomic E-state index is 12.7. The van der Waals surface area contributed by atoms with E-state index in [1.54, 1.807) is 10.7 Å². The number of aryl methyl sites for hydroxylation is 3. The van der Waals surface area contributed by atoms with Crippen LogP contribution in [0, 0.1) is 13.8 Å². The van der Waals surface area contributed by atoms with Crippen molar-refractivity contribution >= 4 is 39.1 Å². The third-order valence-electron chi connectivity index (χ3n) is 3.82. The fourth-order valence-electron chi connectivity index (χ4n) is 2.79. The minimum Gasteiger partial charge on any atom is -0.319 e. The summed E-state index contributed by atoms with van der Waals surface area (Å²) in [5.41, 5.74) is 3.43. The van der Waals surface area contributed by atoms with Gasteiger partial charge >= 0.3 is 0 Å². The van der Waals surface area contributed by atoms with Gasteiger partial charge < -0.3 is 4.57 Å². The Morgan fingerprint density at radius 3 is 2.67 bits per heavy atom. The molecule has 24 heavy (non-hydrogen) atoms. The Morgan fingerprint density at radius 1 is 1.29 bits per heavy atom. The molecular formula is C17H19ClN4OS. The van der Waals surface area contributed by atoms with E-state index in [0.29, 0.717) is 15.5 Å². The number of nitrogens with zero attached hydrogens (tertiary/aromatic N) is 4. The number of fused-ring (bicyclic) bond motifs is 1. The first-order valence-electron chi connectivity index (χ1n) is 7.69. The van der Waals surface area contributed by atoms with Crippen molar-refractivity contribution in [2.24, 2.45) is 12.0 Å². The van der Waals surface area contributed by atoms with Crippen molar-refractivity contribution in [1.82, 2.24) is 14.3 Å². The summed E-state index contributed by atoms with van der Waals surface area (Å²) in [6.07, 6.45) is 0. The molecule has 0 aliphatic rings. The van der Waals surface area contributed by atoms with Gasteiger partial charge in [0.1, 0.15) is 5.69 Å². The molecule has 7 heteroatoms. The second kappa shape index (κ2) is 6.18. The average molecular weight is 363 g/mol. The first-order valence-corrected chi connectivity index (χ1v) is 8.88. The summed E-state index contributed by atoms with van der Waals surface area (Å²) in [4.78, 5) is 17.7. The number of halogens is 1. The van der Waals surface area contributed by atoms with E-state index < -0.39 is 0 Å². The SMILES string of the molecule is Cc1cc(C(=O)N=c2sc3cc(Cl)cc(C)c3n2C)n(C(C)C)n1. The molecule has 3 aromatic rings. The number of thiazole rings is 1. The van der Waals surface area contributed by atoms with Gasteiger partial charge in [-0.3, -0.25) is 9.48 Å². The highest BCUT2D eigenvalue weighted by atomic mass is 35.5. The van der Waals surface area contributed by atoms with Crippen LogP contribution in [0.2, 0.25) is 5.02 Å². The van der Waals surface area contributed by atoms with Gasteiger partial charge in [-0.15, -0.1) is 0 Å². The lowest BCUT2D eigenvalue weighted by atomic mass is 10.2. The first-order chi connectivity index (χ1) is 11.3. The van der Waals surface area contributed by atoms with E-state index in [1.807, 2.05) is 51.4 Å². The summed E-state index contributed by atoms with van der Waals surface area (Å²) >= 11 is 7.59. The third-order valence-corrected chi connectivity index (χ3v) is 5.11. The second-order valence-corrected chi connectivity index (χ2v) is 7.58. The molecule has 0 saturated heterocycles. The van der Waals surface area contributed by atoms with Gasteiger partial charge in [0.15, 0.2) is 4.80 Å². The number of hydrogen-bond acceptors (Lipinski definition) is 3. The quantitative estimate of drug-likeness (QED) is 0.691. The Balaban J connectivity index is 2.16. The lowest BCUT2D eigenvalue weighted by Crippen LogP contribution is -2.17. The van der Waals surface area contributed by atoms with Crippen LogP contribution in [0.4, 0.5) is 0 Å². The van der Waals surface area contributed by atoms with E-state index >= 15 is 0 Å². The van der Waals surface area contributed by atoms with Gasteiger partial charge in [0.25, 0.3) is 5.91 Å². The molecule has 5 nitrogen and oxygen atoms in total. The monoisotopic (exact) mass is 362 g/mol. The molecule has 0 atom stereocenters. The van der Waals surface area contributed by atoms with Crippen molar-refractivity contribution in [3.8, 4) is 0 Å². The van der Waals surface area contributed by atoms with Crippen molar-refractivity contribution in [3.05, 3.63) is 45.0 Å². The summed E-state index contributed by atoms with van der Waals surface area (Å²) in [7, 11) is 1.91. The zero-order valence-electron chi connectivity index (χ0n) is 14.3. The molecule has 0 bridgehead atoms. The lowest BCUT2D eigenvalue weighted by Gasteiger charge is -2.07. The third kappa shape index (κ3) is 2.91. The molecule has 126 valence electrons. The normalized spacial score (nSPS) is 12.5. The topological polar surface area (TPSA) is 52.2 Å². The fourth-order valence-corrected chi connectivity index (χ4v) is 4.26. The van der Waals surface area contributed by atoms with E-state index in [2.05, 4.69) is 10.1 Å². The predicted molar refractivity (Wildman–Crippen MR) is 97.8 cm³/mol. The summed E-state index contributed by atoms with van der Waals surface area (Å²) in [5.74, 6) is -0.282. The van der Waals surface area contributed by atoms with Crippen LogP contribution in [0.1, 0.15) is 41.6 Å². The van der Waals surface area contributed by atoms with Crippen LogP contribution >= 0.6 is 22.9 Å². The van der Waals surface area contributed by atoms with Crippen LogP contribution in [0.5, 0.6) is 0 Å². The van der Waals surface area contributed by atoms with Gasteiger partial charge in [-0.1, -0.05) is 22.9 Å². The van der Waals surface area contributed by atoms with Crippen molar-refractivity contribution in [2.75, 3.05) is 0 Å². The van der Waals surface area contributed by atoms with Crippen LogP contribution in [0.25, 0.3) is 10.2 Å². The molecule has 0 saturated carbocycles. The summed E-state index contributed by atoms with van der Waals surface area (Å²) < 4.78 is 4.67. The van der Waals surface area contributed by atoms with Crippen LogP contribution < -0.4 is 4.80 Å². The molecule has 1 amide bonds. The Hall–Kier alpha value is -1.92. The van der Waals surface area contributed by atoms with E-state index in [9.17, 15) is 4.79 Å². The standard InChI is InChI=1S/C17H19ClN4OS/c1-9(2)22-13(7-11(4)20-22)16(23)19-17-21(5)15-10(3)6-12(18)8-14(15)24-17/h6-9H,1-5H3. The highest BCUT2D eigenvalue weighted by molar-refractivity contribution is 7.16. The van der Waals surface area contributed by atoms with E-state index in [1.165, 1.54) is 11.3 Å². The highest BCUT2D eigenvalue weighted by Crippen LogP contribution is 2.25. The Labute approximate surface area is 149 Å². The molecule has 0 spiro atoms. The Kier molecular flexibility index (Phi) is 4.36. The smallest absolute Gasteiger partial charge is 0.297 e. The number of amides is 1. The number of rotatable bonds is 2. The van der Waals surface area contributed by atoms with Crippen molar-refractivity contribution in [2.45, 2.75) is 33.7 Å². The average Bonchev–Trinajstić information content (AvgIpc) is 3.00. The molecule has 0 N–H and O–H groups in total. The second-order valence-electron chi connectivity index (χ2n) is 6.14. The van der Waals surface area contributed by atoms with Gasteiger partial charge in [0, 0.05) is 18.1 Å². The Bertz CT molecular complexity index is 1010. The number of benzene rings is 1. The minimum atomic E-state index is -0.282. The fraction of sp³-hybridized carbons (Fsp3) is 0.353. The van der Waals surface area contributed by atoms with Crippen molar-refractivity contribution in [3.63, 3.8) is 0 Å². The maximum atomic E-state index is 12.7. The molecule has 0 radical (unpaired) electrons. The largest absolute Gasteiger partial charge is 0.319 e. The number of carbonyl (C=O) groups is 1. The summed E-state index contributed by atoms with van der Waals surface area (Å²) in [6, 6.07) is 5.70. The number of aromatic nitrogens is 3. The van der Waals surface area contributed by atoms with E-state index in [4.69, 9.17) is 11.6 Å². The predicted octanol–water partition coefficient (Wildman–Crippen LogP) is 4.03.